The van der Waals surface area contributed by atoms with E-state index in [1.54, 1.807) is 6.08 Å². The molecule has 14 heteroatoms. The second kappa shape index (κ2) is 37.4. The molecule has 356 valence electrons. The minimum absolute atomic E-state index is 0.217. The van der Waals surface area contributed by atoms with Crippen LogP contribution in [-0.4, -0.2) is 107 Å². The first-order valence-corrected chi connectivity index (χ1v) is 25.0. The number of hydrogen-bond acceptors (Lipinski definition) is 11. The topological polar surface area (TPSA) is 212 Å². The summed E-state index contributed by atoms with van der Waals surface area (Å²) in [6.07, 6.45) is 33.5. The number of carbonyl (C=O) groups excluding carboxylic acids is 1. The first-order valence-electron chi connectivity index (χ1n) is 23.6. The molecule has 1 rings (SSSR count). The summed E-state index contributed by atoms with van der Waals surface area (Å²) >= 11 is 0. The first-order chi connectivity index (χ1) is 29.4. The third-order valence-electron chi connectivity index (χ3n) is 10.9. The highest BCUT2D eigenvalue weighted by atomic mass is 32.3. The van der Waals surface area contributed by atoms with Gasteiger partial charge in [0, 0.05) is 0 Å². The number of carbonyl (C=O) groups is 1. The summed E-state index contributed by atoms with van der Waals surface area (Å²) in [6.45, 7) is 3.15. The number of aliphatic hydroxyl groups excluding tert-OH is 5. The van der Waals surface area contributed by atoms with Gasteiger partial charge in [0.1, 0.15) is 30.5 Å². The summed E-state index contributed by atoms with van der Waals surface area (Å²) in [5.74, 6) is -0.729. The van der Waals surface area contributed by atoms with Crippen molar-refractivity contribution in [2.45, 2.75) is 230 Å². The zero-order valence-electron chi connectivity index (χ0n) is 37.6. The lowest BCUT2D eigenvalue weighted by atomic mass is 9.99. The van der Waals surface area contributed by atoms with Crippen LogP contribution in [0.2, 0.25) is 0 Å². The Morgan fingerprint density at radius 1 is 0.656 bits per heavy atom. The lowest BCUT2D eigenvalue weighted by Crippen LogP contribution is -2.61. The summed E-state index contributed by atoms with van der Waals surface area (Å²) in [5, 5.41) is 55.1. The van der Waals surface area contributed by atoms with Crippen molar-refractivity contribution in [2.75, 3.05) is 13.2 Å². The molecule has 8 atom stereocenters. The molecule has 0 spiro atoms. The highest BCUT2D eigenvalue weighted by molar-refractivity contribution is 7.80. The van der Waals surface area contributed by atoms with Crippen molar-refractivity contribution in [3.05, 3.63) is 48.6 Å². The average molecular weight is 888 g/mol. The molecule has 61 heavy (non-hydrogen) atoms. The average Bonchev–Trinajstić information content (AvgIpc) is 3.23. The lowest BCUT2D eigenvalue weighted by molar-refractivity contribution is -0.298. The second-order valence-electron chi connectivity index (χ2n) is 16.5. The van der Waals surface area contributed by atoms with Gasteiger partial charge in [0.2, 0.25) is 5.91 Å². The van der Waals surface area contributed by atoms with Crippen LogP contribution < -0.4 is 5.32 Å². The zero-order chi connectivity index (χ0) is 45.0. The molecular weight excluding hydrogens is 803 g/mol. The standard InChI is InChI=1S/C47H85NO12S/c1-3-5-7-9-11-13-15-16-17-18-19-20-21-22-23-24-26-27-29-31-33-35-40(50)39(38-58-47-44(53)45(60-61(55,56)57)43(52)42(37-49)59-47)48-46(54)41(51)36-34-32-30-28-25-14-12-10-8-6-4-2/h12,14,21-22,26-27,33,35,39-45,47,49-53H,3-11,13,15-20,23-25,28-32,34,36-38H2,1-2H3,(H,48,54)(H,55,56,57)/b14-12-,22-21+,27-26+,35-33+. The maximum absolute atomic E-state index is 13.1. The Morgan fingerprint density at radius 2 is 1.10 bits per heavy atom. The molecule has 1 aliphatic heterocycles. The number of hydrogen-bond donors (Lipinski definition) is 7. The molecule has 1 saturated heterocycles. The Morgan fingerprint density at radius 3 is 1.61 bits per heavy atom. The van der Waals surface area contributed by atoms with E-state index in [0.29, 0.717) is 12.8 Å². The maximum atomic E-state index is 13.1. The van der Waals surface area contributed by atoms with Gasteiger partial charge in [-0.25, -0.2) is 4.18 Å². The van der Waals surface area contributed by atoms with Crippen LogP contribution in [0.3, 0.4) is 0 Å². The van der Waals surface area contributed by atoms with Gasteiger partial charge in [-0.3, -0.25) is 9.35 Å². The highest BCUT2D eigenvalue weighted by Gasteiger charge is 2.48. The normalized spacial score (nSPS) is 21.6. The van der Waals surface area contributed by atoms with E-state index in [0.717, 1.165) is 57.8 Å². The van der Waals surface area contributed by atoms with E-state index < -0.39 is 78.5 Å². The Balaban J connectivity index is 2.60. The predicted molar refractivity (Wildman–Crippen MR) is 242 cm³/mol. The van der Waals surface area contributed by atoms with Gasteiger partial charge in [-0.05, 0) is 70.6 Å². The Labute approximate surface area is 369 Å². The van der Waals surface area contributed by atoms with Gasteiger partial charge in [-0.15, -0.1) is 0 Å². The quantitative estimate of drug-likeness (QED) is 0.0177. The Kier molecular flexibility index (Phi) is 35.0. The molecule has 13 nitrogen and oxygen atoms in total. The van der Waals surface area contributed by atoms with Crippen molar-refractivity contribution >= 4 is 16.3 Å². The van der Waals surface area contributed by atoms with Gasteiger partial charge in [0.25, 0.3) is 0 Å². The van der Waals surface area contributed by atoms with Crippen LogP contribution in [0.5, 0.6) is 0 Å². The van der Waals surface area contributed by atoms with Gasteiger partial charge >= 0.3 is 10.4 Å². The molecule has 1 heterocycles. The number of ether oxygens (including phenoxy) is 2. The van der Waals surface area contributed by atoms with Crippen molar-refractivity contribution in [1.82, 2.24) is 5.32 Å². The van der Waals surface area contributed by atoms with E-state index in [9.17, 15) is 43.3 Å². The number of aliphatic hydroxyl groups is 5. The minimum atomic E-state index is -5.13. The van der Waals surface area contributed by atoms with Crippen molar-refractivity contribution in [1.29, 1.82) is 0 Å². The molecule has 1 aliphatic rings. The van der Waals surface area contributed by atoms with E-state index in [2.05, 4.69) is 59.8 Å². The van der Waals surface area contributed by atoms with E-state index in [1.807, 2.05) is 0 Å². The number of amides is 1. The SMILES string of the molecule is CCCCC/C=C\CCCCCCC(O)C(=O)NC(COC1OC(CO)C(O)C(OS(=O)(=O)O)C1O)C(O)/C=C/CC/C=C/CC/C=C/CCCCCCCCCCCCC. The zero-order valence-corrected chi connectivity index (χ0v) is 38.4. The van der Waals surface area contributed by atoms with Crippen LogP contribution in [-0.2, 0) is 28.9 Å². The molecular formula is C47H85NO12S. The van der Waals surface area contributed by atoms with Crippen LogP contribution >= 0.6 is 0 Å². The fourth-order valence-corrected chi connectivity index (χ4v) is 7.64. The van der Waals surface area contributed by atoms with Crippen molar-refractivity contribution in [3.8, 4) is 0 Å². The molecule has 1 fully saturated rings. The molecule has 7 N–H and O–H groups in total. The molecule has 0 aromatic rings. The first kappa shape index (κ1) is 57.0. The predicted octanol–water partition coefficient (Wildman–Crippen LogP) is 8.24. The van der Waals surface area contributed by atoms with Crippen LogP contribution in [0.1, 0.15) is 181 Å². The number of allylic oxidation sites excluding steroid dienone is 7. The summed E-state index contributed by atoms with van der Waals surface area (Å²) in [4.78, 5) is 13.1. The van der Waals surface area contributed by atoms with Crippen LogP contribution in [0.25, 0.3) is 0 Å². The monoisotopic (exact) mass is 888 g/mol. The molecule has 0 aromatic heterocycles. The summed E-state index contributed by atoms with van der Waals surface area (Å²) in [7, 11) is -5.13. The van der Waals surface area contributed by atoms with Crippen LogP contribution in [0.15, 0.2) is 48.6 Å². The molecule has 0 aliphatic carbocycles. The minimum Gasteiger partial charge on any atom is -0.394 e. The fraction of sp³-hybridized carbons (Fsp3) is 0.809. The summed E-state index contributed by atoms with van der Waals surface area (Å²) in [5.41, 5.74) is 0. The van der Waals surface area contributed by atoms with E-state index >= 15 is 0 Å². The van der Waals surface area contributed by atoms with E-state index in [1.165, 1.54) is 96.0 Å². The smallest absolute Gasteiger partial charge is 0.394 e. The molecule has 0 bridgehead atoms. The number of nitrogens with one attached hydrogen (secondary N) is 1. The molecule has 8 unspecified atom stereocenters. The third kappa shape index (κ3) is 29.9. The highest BCUT2D eigenvalue weighted by Crippen LogP contribution is 2.26. The Hall–Kier alpha value is -1.98. The number of unbranched alkanes of at least 4 members (excludes halogenated alkanes) is 20. The van der Waals surface area contributed by atoms with E-state index in [4.69, 9.17) is 9.47 Å². The third-order valence-corrected chi connectivity index (χ3v) is 11.4. The summed E-state index contributed by atoms with van der Waals surface area (Å²) < 4.78 is 47.4. The lowest BCUT2D eigenvalue weighted by Gasteiger charge is -2.41. The van der Waals surface area contributed by atoms with Crippen molar-refractivity contribution in [3.63, 3.8) is 0 Å². The van der Waals surface area contributed by atoms with Crippen LogP contribution in [0, 0.1) is 0 Å². The molecule has 0 radical (unpaired) electrons. The van der Waals surface area contributed by atoms with Crippen molar-refractivity contribution in [2.24, 2.45) is 0 Å². The van der Waals surface area contributed by atoms with Gasteiger partial charge in [-0.1, -0.05) is 159 Å². The second-order valence-corrected chi connectivity index (χ2v) is 17.5. The van der Waals surface area contributed by atoms with Gasteiger partial charge in [-0.2, -0.15) is 8.42 Å². The summed E-state index contributed by atoms with van der Waals surface area (Å²) in [6, 6.07) is -1.15. The molecule has 0 saturated carbocycles. The van der Waals surface area contributed by atoms with E-state index in [-0.39, 0.29) is 6.42 Å². The molecule has 0 aromatic carbocycles. The molecule has 1 amide bonds. The number of rotatable bonds is 39. The maximum Gasteiger partial charge on any atom is 0.397 e. The van der Waals surface area contributed by atoms with Gasteiger partial charge < -0.3 is 40.3 Å². The van der Waals surface area contributed by atoms with Crippen molar-refractivity contribution < 1.29 is 57.0 Å². The van der Waals surface area contributed by atoms with Gasteiger partial charge in [0.05, 0.1) is 25.4 Å². The Bertz CT molecular complexity index is 1290. The largest absolute Gasteiger partial charge is 0.397 e. The van der Waals surface area contributed by atoms with Crippen LogP contribution in [0.4, 0.5) is 0 Å². The van der Waals surface area contributed by atoms with Gasteiger partial charge in [0.15, 0.2) is 6.29 Å². The fourth-order valence-electron chi connectivity index (χ4n) is 7.13.